The van der Waals surface area contributed by atoms with Crippen molar-refractivity contribution in [2.24, 2.45) is 5.10 Å². The number of amides is 1. The molecule has 0 bridgehead atoms. The summed E-state index contributed by atoms with van der Waals surface area (Å²) in [7, 11) is 1.96. The van der Waals surface area contributed by atoms with Gasteiger partial charge >= 0.3 is 0 Å². The van der Waals surface area contributed by atoms with Gasteiger partial charge in [0.1, 0.15) is 0 Å². The van der Waals surface area contributed by atoms with Crippen LogP contribution in [0.15, 0.2) is 65.3 Å². The van der Waals surface area contributed by atoms with E-state index >= 15 is 0 Å². The predicted octanol–water partition coefficient (Wildman–Crippen LogP) is 3.84. The van der Waals surface area contributed by atoms with E-state index in [-0.39, 0.29) is 5.91 Å². The molecule has 2 aromatic carbocycles. The number of nitriles is 1. The molecule has 2 aromatic rings. The first kappa shape index (κ1) is 17.4. The highest BCUT2D eigenvalue weighted by molar-refractivity contribution is 6.32. The van der Waals surface area contributed by atoms with Gasteiger partial charge in [-0.05, 0) is 42.8 Å². The van der Waals surface area contributed by atoms with Crippen LogP contribution in [0.1, 0.15) is 18.9 Å². The number of hydrazone groups is 1. The number of hydrogen-bond acceptors (Lipinski definition) is 4. The second-order valence-electron chi connectivity index (χ2n) is 6.12. The molecular formula is C21H20N4O. The molecule has 0 aliphatic carbocycles. The third-order valence-corrected chi connectivity index (χ3v) is 4.27. The summed E-state index contributed by atoms with van der Waals surface area (Å²) >= 11 is 0. The Labute approximate surface area is 153 Å². The zero-order valence-corrected chi connectivity index (χ0v) is 14.9. The van der Waals surface area contributed by atoms with Crippen LogP contribution in [0.5, 0.6) is 0 Å². The van der Waals surface area contributed by atoms with Gasteiger partial charge in [-0.2, -0.15) is 15.4 Å². The van der Waals surface area contributed by atoms with E-state index in [9.17, 15) is 4.79 Å². The first-order valence-electron chi connectivity index (χ1n) is 8.45. The number of nitrogens with zero attached hydrogens (tertiary/aromatic N) is 4. The lowest BCUT2D eigenvalue weighted by Gasteiger charge is -2.17. The molecule has 0 unspecified atom stereocenters. The Balaban J connectivity index is 1.79. The van der Waals surface area contributed by atoms with E-state index in [0.717, 1.165) is 16.9 Å². The molecule has 0 radical (unpaired) electrons. The summed E-state index contributed by atoms with van der Waals surface area (Å²) in [5, 5.41) is 14.5. The van der Waals surface area contributed by atoms with Crippen LogP contribution in [-0.4, -0.2) is 25.2 Å². The lowest BCUT2D eigenvalue weighted by molar-refractivity contribution is -0.114. The molecule has 3 rings (SSSR count). The summed E-state index contributed by atoms with van der Waals surface area (Å²) in [6.45, 7) is 2.53. The van der Waals surface area contributed by atoms with Crippen molar-refractivity contribution in [3.63, 3.8) is 0 Å². The van der Waals surface area contributed by atoms with Crippen molar-refractivity contribution < 1.29 is 4.79 Å². The second-order valence-corrected chi connectivity index (χ2v) is 6.12. The predicted molar refractivity (Wildman–Crippen MR) is 105 cm³/mol. The van der Waals surface area contributed by atoms with Gasteiger partial charge in [0.2, 0.25) is 0 Å². The van der Waals surface area contributed by atoms with Crippen LogP contribution in [0.25, 0.3) is 6.08 Å². The second kappa shape index (κ2) is 7.66. The van der Waals surface area contributed by atoms with E-state index in [4.69, 9.17) is 5.26 Å². The molecule has 5 nitrogen and oxygen atoms in total. The quantitative estimate of drug-likeness (QED) is 0.774. The summed E-state index contributed by atoms with van der Waals surface area (Å²) in [5.41, 5.74) is 4.04. The molecule has 0 atom stereocenters. The number of para-hydroxylation sites is 1. The minimum atomic E-state index is -0.121. The standard InChI is InChI=1S/C21H20N4O/c1-16-20(21(26)25(23-16)19-7-4-3-5-8-19)15-17-9-11-18(12-10-17)24(2)14-6-13-22/h3-5,7-12,15H,6,14H2,1-2H3/b20-15+. The number of benzene rings is 2. The number of carbonyl (C=O) groups excluding carboxylic acids is 1. The zero-order valence-electron chi connectivity index (χ0n) is 14.9. The third-order valence-electron chi connectivity index (χ3n) is 4.27. The van der Waals surface area contributed by atoms with Crippen LogP contribution in [-0.2, 0) is 4.79 Å². The fraction of sp³-hybridized carbons (Fsp3) is 0.190. The number of anilines is 2. The van der Waals surface area contributed by atoms with E-state index in [0.29, 0.717) is 24.3 Å². The molecule has 1 heterocycles. The van der Waals surface area contributed by atoms with E-state index in [1.807, 2.05) is 79.5 Å². The molecule has 1 aliphatic heterocycles. The maximum atomic E-state index is 12.7. The van der Waals surface area contributed by atoms with E-state index in [1.165, 1.54) is 5.01 Å². The minimum Gasteiger partial charge on any atom is -0.374 e. The zero-order chi connectivity index (χ0) is 18.5. The van der Waals surface area contributed by atoms with Crippen LogP contribution >= 0.6 is 0 Å². The van der Waals surface area contributed by atoms with Crippen LogP contribution in [0.3, 0.4) is 0 Å². The minimum absolute atomic E-state index is 0.121. The Bertz CT molecular complexity index is 892. The van der Waals surface area contributed by atoms with Crippen molar-refractivity contribution in [1.29, 1.82) is 5.26 Å². The van der Waals surface area contributed by atoms with Crippen LogP contribution in [0.4, 0.5) is 11.4 Å². The molecule has 0 saturated carbocycles. The van der Waals surface area contributed by atoms with Crippen molar-refractivity contribution in [2.45, 2.75) is 13.3 Å². The van der Waals surface area contributed by atoms with E-state index in [2.05, 4.69) is 11.2 Å². The smallest absolute Gasteiger partial charge is 0.280 e. The highest BCUT2D eigenvalue weighted by Gasteiger charge is 2.28. The molecule has 0 saturated heterocycles. The highest BCUT2D eigenvalue weighted by atomic mass is 16.2. The molecule has 1 aliphatic rings. The maximum Gasteiger partial charge on any atom is 0.280 e. The first-order valence-corrected chi connectivity index (χ1v) is 8.45. The lowest BCUT2D eigenvalue weighted by atomic mass is 10.1. The highest BCUT2D eigenvalue weighted by Crippen LogP contribution is 2.25. The fourth-order valence-corrected chi connectivity index (χ4v) is 2.77. The summed E-state index contributed by atoms with van der Waals surface area (Å²) in [5.74, 6) is -0.121. The molecule has 5 heteroatoms. The monoisotopic (exact) mass is 344 g/mol. The van der Waals surface area contributed by atoms with Gasteiger partial charge in [0.15, 0.2) is 0 Å². The van der Waals surface area contributed by atoms with Crippen molar-refractivity contribution in [1.82, 2.24) is 0 Å². The van der Waals surface area contributed by atoms with Crippen molar-refractivity contribution in [3.8, 4) is 6.07 Å². The van der Waals surface area contributed by atoms with Gasteiger partial charge in [-0.25, -0.2) is 0 Å². The Hall–Kier alpha value is -3.39. The SMILES string of the molecule is CC1=NN(c2ccccc2)C(=O)/C1=C/c1ccc(N(C)CCC#N)cc1. The molecule has 26 heavy (non-hydrogen) atoms. The number of hydrogen-bond donors (Lipinski definition) is 0. The number of rotatable bonds is 5. The van der Waals surface area contributed by atoms with Crippen LogP contribution < -0.4 is 9.91 Å². The molecule has 0 fully saturated rings. The Kier molecular flexibility index (Phi) is 5.14. The average Bonchev–Trinajstić information content (AvgIpc) is 2.95. The van der Waals surface area contributed by atoms with Crippen LogP contribution in [0, 0.1) is 11.3 Å². The van der Waals surface area contributed by atoms with E-state index < -0.39 is 0 Å². The third kappa shape index (κ3) is 3.65. The summed E-state index contributed by atoms with van der Waals surface area (Å²) in [4.78, 5) is 14.8. The molecule has 1 amide bonds. The van der Waals surface area contributed by atoms with Gasteiger partial charge in [0, 0.05) is 19.3 Å². The Morgan fingerprint density at radius 2 is 1.85 bits per heavy atom. The lowest BCUT2D eigenvalue weighted by Crippen LogP contribution is -2.21. The van der Waals surface area contributed by atoms with Gasteiger partial charge in [0.25, 0.3) is 5.91 Å². The van der Waals surface area contributed by atoms with Crippen molar-refractivity contribution in [3.05, 3.63) is 65.7 Å². The van der Waals surface area contributed by atoms with E-state index in [1.54, 1.807) is 0 Å². The van der Waals surface area contributed by atoms with Crippen LogP contribution in [0.2, 0.25) is 0 Å². The topological polar surface area (TPSA) is 59.7 Å². The first-order chi connectivity index (χ1) is 12.6. The van der Waals surface area contributed by atoms with Gasteiger partial charge in [-0.1, -0.05) is 30.3 Å². The number of carbonyl (C=O) groups is 1. The molecule has 0 N–H and O–H groups in total. The Morgan fingerprint density at radius 3 is 2.50 bits per heavy atom. The van der Waals surface area contributed by atoms with Gasteiger partial charge in [-0.3, -0.25) is 4.79 Å². The van der Waals surface area contributed by atoms with Gasteiger partial charge in [0.05, 0.1) is 29.5 Å². The molecule has 130 valence electrons. The molecule has 0 aromatic heterocycles. The largest absolute Gasteiger partial charge is 0.374 e. The normalized spacial score (nSPS) is 15.1. The Morgan fingerprint density at radius 1 is 1.15 bits per heavy atom. The summed E-state index contributed by atoms with van der Waals surface area (Å²) in [6, 6.07) is 19.5. The average molecular weight is 344 g/mol. The summed E-state index contributed by atoms with van der Waals surface area (Å²) in [6.07, 6.45) is 2.35. The van der Waals surface area contributed by atoms with Gasteiger partial charge < -0.3 is 4.90 Å². The fourth-order valence-electron chi connectivity index (χ4n) is 2.77. The summed E-state index contributed by atoms with van der Waals surface area (Å²) < 4.78 is 0. The molecular weight excluding hydrogens is 324 g/mol. The van der Waals surface area contributed by atoms with Crippen molar-refractivity contribution >= 4 is 29.1 Å². The van der Waals surface area contributed by atoms with Gasteiger partial charge in [-0.15, -0.1) is 0 Å². The molecule has 0 spiro atoms. The van der Waals surface area contributed by atoms with Crippen molar-refractivity contribution in [2.75, 3.05) is 23.5 Å². The maximum absolute atomic E-state index is 12.7.